The summed E-state index contributed by atoms with van der Waals surface area (Å²) in [6.07, 6.45) is -0.662. The summed E-state index contributed by atoms with van der Waals surface area (Å²) < 4.78 is 11.3. The van der Waals surface area contributed by atoms with Gasteiger partial charge in [-0.05, 0) is 30.3 Å². The van der Waals surface area contributed by atoms with Crippen LogP contribution in [-0.4, -0.2) is 31.1 Å². The minimum Gasteiger partial charge on any atom is -0.486 e. The summed E-state index contributed by atoms with van der Waals surface area (Å²) in [5.74, 6) is 0.945. The Labute approximate surface area is 183 Å². The molecule has 0 spiro atoms. The van der Waals surface area contributed by atoms with Crippen molar-refractivity contribution in [3.63, 3.8) is 0 Å². The molecule has 2 aliphatic heterocycles. The highest BCUT2D eigenvalue weighted by molar-refractivity contribution is 6.12. The Kier molecular flexibility index (Phi) is 4.78. The number of nitro groups is 1. The van der Waals surface area contributed by atoms with Crippen molar-refractivity contribution in [3.05, 3.63) is 81.9 Å². The maximum atomic E-state index is 13.6. The molecule has 3 aromatic rings. The van der Waals surface area contributed by atoms with E-state index in [4.69, 9.17) is 9.47 Å². The second-order valence-corrected chi connectivity index (χ2v) is 7.38. The van der Waals surface area contributed by atoms with Crippen LogP contribution in [0.25, 0.3) is 0 Å². The first-order valence-corrected chi connectivity index (χ1v) is 10.1. The van der Waals surface area contributed by atoms with Crippen LogP contribution in [0.1, 0.15) is 22.1 Å². The molecule has 2 N–H and O–H groups in total. The number of carbonyl (C=O) groups is 1. The lowest BCUT2D eigenvalue weighted by Crippen LogP contribution is -2.43. The van der Waals surface area contributed by atoms with E-state index in [1.807, 2.05) is 12.1 Å². The number of carbonyl (C=O) groups excluding carboxylic acids is 1. The van der Waals surface area contributed by atoms with Crippen molar-refractivity contribution in [2.24, 2.45) is 0 Å². The van der Waals surface area contributed by atoms with E-state index in [-0.39, 0.29) is 11.6 Å². The molecule has 9 heteroatoms. The Balaban J connectivity index is 1.65. The van der Waals surface area contributed by atoms with Gasteiger partial charge in [0.1, 0.15) is 25.1 Å². The average Bonchev–Trinajstić information content (AvgIpc) is 2.83. The van der Waals surface area contributed by atoms with Gasteiger partial charge in [-0.2, -0.15) is 0 Å². The minimum absolute atomic E-state index is 0.0692. The average molecular weight is 432 g/mol. The second-order valence-electron chi connectivity index (χ2n) is 7.38. The first kappa shape index (κ1) is 19.7. The van der Waals surface area contributed by atoms with Crippen molar-refractivity contribution < 1.29 is 19.2 Å². The number of ether oxygens (including phenoxy) is 2. The molecule has 0 unspecified atom stereocenters. The topological polar surface area (TPSA) is 106 Å². The van der Waals surface area contributed by atoms with Crippen LogP contribution in [0, 0.1) is 10.1 Å². The number of nitrogens with zero attached hydrogens (tertiary/aromatic N) is 2. The standard InChI is InChI=1S/C23H20N4O5/c1-24-18-8-6-14(12-19(18)27(29)30)22-25-17-5-3-2-4-16(17)23(28)26(22)15-7-9-20-21(13-15)32-11-10-31-20/h2-9,12-13,22,24-25H,10-11H2,1H3/t22-/m0/s1. The van der Waals surface area contributed by atoms with Gasteiger partial charge in [0.2, 0.25) is 0 Å². The number of hydrogen-bond donors (Lipinski definition) is 2. The number of amides is 1. The summed E-state index contributed by atoms with van der Waals surface area (Å²) in [5, 5.41) is 17.8. The molecule has 2 aliphatic rings. The molecule has 0 aliphatic carbocycles. The summed E-state index contributed by atoms with van der Waals surface area (Å²) >= 11 is 0. The maximum Gasteiger partial charge on any atom is 0.292 e. The third-order valence-corrected chi connectivity index (χ3v) is 5.53. The van der Waals surface area contributed by atoms with Gasteiger partial charge in [-0.25, -0.2) is 0 Å². The smallest absolute Gasteiger partial charge is 0.292 e. The van der Waals surface area contributed by atoms with Crippen LogP contribution in [0.5, 0.6) is 11.5 Å². The molecule has 3 aromatic carbocycles. The van der Waals surface area contributed by atoms with Crippen molar-refractivity contribution in [2.45, 2.75) is 6.17 Å². The summed E-state index contributed by atoms with van der Waals surface area (Å²) in [6, 6.07) is 17.4. The molecule has 162 valence electrons. The zero-order chi connectivity index (χ0) is 22.2. The molecule has 0 fully saturated rings. The molecule has 0 saturated carbocycles. The largest absolute Gasteiger partial charge is 0.486 e. The lowest BCUT2D eigenvalue weighted by molar-refractivity contribution is -0.384. The Morgan fingerprint density at radius 2 is 1.84 bits per heavy atom. The molecule has 0 saturated heterocycles. The van der Waals surface area contributed by atoms with Crippen molar-refractivity contribution in [3.8, 4) is 11.5 Å². The first-order chi connectivity index (χ1) is 15.6. The van der Waals surface area contributed by atoms with Crippen LogP contribution in [0.3, 0.4) is 0 Å². The van der Waals surface area contributed by atoms with Gasteiger partial charge in [0, 0.05) is 30.4 Å². The molecule has 1 amide bonds. The van der Waals surface area contributed by atoms with E-state index < -0.39 is 11.1 Å². The van der Waals surface area contributed by atoms with Crippen LogP contribution in [-0.2, 0) is 0 Å². The van der Waals surface area contributed by atoms with Gasteiger partial charge in [-0.3, -0.25) is 19.8 Å². The number of nitro benzene ring substituents is 1. The Morgan fingerprint density at radius 1 is 1.06 bits per heavy atom. The van der Waals surface area contributed by atoms with E-state index in [1.54, 1.807) is 54.4 Å². The fraction of sp³-hybridized carbons (Fsp3) is 0.174. The maximum absolute atomic E-state index is 13.6. The van der Waals surface area contributed by atoms with E-state index in [1.165, 1.54) is 6.07 Å². The SMILES string of the molecule is CNc1ccc([C@H]2Nc3ccccc3C(=O)N2c2ccc3c(c2)OCCO3)cc1[N+](=O)[O-]. The number of para-hydroxylation sites is 1. The predicted octanol–water partition coefficient (Wildman–Crippen LogP) is 4.18. The normalized spacial score (nSPS) is 16.7. The number of rotatable bonds is 4. The van der Waals surface area contributed by atoms with Crippen LogP contribution in [0.15, 0.2) is 60.7 Å². The fourth-order valence-corrected chi connectivity index (χ4v) is 4.02. The summed E-state index contributed by atoms with van der Waals surface area (Å²) in [4.78, 5) is 26.3. The second kappa shape index (κ2) is 7.77. The molecule has 2 heterocycles. The highest BCUT2D eigenvalue weighted by Crippen LogP contribution is 2.41. The molecular weight excluding hydrogens is 412 g/mol. The molecule has 0 radical (unpaired) electrons. The van der Waals surface area contributed by atoms with E-state index >= 15 is 0 Å². The monoisotopic (exact) mass is 432 g/mol. The Morgan fingerprint density at radius 3 is 2.62 bits per heavy atom. The van der Waals surface area contributed by atoms with Crippen molar-refractivity contribution in [1.82, 2.24) is 0 Å². The zero-order valence-corrected chi connectivity index (χ0v) is 17.2. The molecule has 9 nitrogen and oxygen atoms in total. The lowest BCUT2D eigenvalue weighted by Gasteiger charge is -2.38. The number of anilines is 3. The summed E-state index contributed by atoms with van der Waals surface area (Å²) in [5.41, 5.74) is 2.67. The molecular formula is C23H20N4O5. The van der Waals surface area contributed by atoms with Crippen LogP contribution in [0.4, 0.5) is 22.7 Å². The molecule has 32 heavy (non-hydrogen) atoms. The van der Waals surface area contributed by atoms with E-state index in [9.17, 15) is 14.9 Å². The van der Waals surface area contributed by atoms with Gasteiger partial charge in [-0.1, -0.05) is 18.2 Å². The van der Waals surface area contributed by atoms with Gasteiger partial charge >= 0.3 is 0 Å². The summed E-state index contributed by atoms with van der Waals surface area (Å²) in [7, 11) is 1.63. The number of nitrogens with one attached hydrogen (secondary N) is 2. The molecule has 0 bridgehead atoms. The van der Waals surface area contributed by atoms with Gasteiger partial charge in [0.05, 0.1) is 16.2 Å². The molecule has 5 rings (SSSR count). The van der Waals surface area contributed by atoms with Gasteiger partial charge in [0.25, 0.3) is 11.6 Å². The number of hydrogen-bond acceptors (Lipinski definition) is 7. The van der Waals surface area contributed by atoms with Crippen molar-refractivity contribution in [1.29, 1.82) is 0 Å². The predicted molar refractivity (Wildman–Crippen MR) is 120 cm³/mol. The highest BCUT2D eigenvalue weighted by atomic mass is 16.6. The highest BCUT2D eigenvalue weighted by Gasteiger charge is 2.35. The van der Waals surface area contributed by atoms with Crippen LogP contribution in [0.2, 0.25) is 0 Å². The van der Waals surface area contributed by atoms with Gasteiger partial charge in [0.15, 0.2) is 11.5 Å². The van der Waals surface area contributed by atoms with Crippen LogP contribution < -0.4 is 25.0 Å². The van der Waals surface area contributed by atoms with Crippen LogP contribution >= 0.6 is 0 Å². The minimum atomic E-state index is -0.662. The first-order valence-electron chi connectivity index (χ1n) is 10.1. The molecule has 1 atom stereocenters. The fourth-order valence-electron chi connectivity index (χ4n) is 4.02. The Bertz CT molecular complexity index is 1230. The Hall–Kier alpha value is -4.27. The van der Waals surface area contributed by atoms with Crippen molar-refractivity contribution in [2.75, 3.05) is 35.8 Å². The van der Waals surface area contributed by atoms with E-state index in [2.05, 4.69) is 10.6 Å². The molecule has 0 aromatic heterocycles. The number of fused-ring (bicyclic) bond motifs is 2. The summed E-state index contributed by atoms with van der Waals surface area (Å²) in [6.45, 7) is 0.889. The third kappa shape index (κ3) is 3.24. The quantitative estimate of drug-likeness (QED) is 0.471. The van der Waals surface area contributed by atoms with E-state index in [0.29, 0.717) is 52.9 Å². The number of benzene rings is 3. The zero-order valence-electron chi connectivity index (χ0n) is 17.2. The van der Waals surface area contributed by atoms with Gasteiger partial charge in [-0.15, -0.1) is 0 Å². The van der Waals surface area contributed by atoms with E-state index in [0.717, 1.165) is 0 Å². The lowest BCUT2D eigenvalue weighted by atomic mass is 10.0. The third-order valence-electron chi connectivity index (χ3n) is 5.53. The van der Waals surface area contributed by atoms with Gasteiger partial charge < -0.3 is 20.1 Å². The van der Waals surface area contributed by atoms with Crippen molar-refractivity contribution >= 4 is 28.7 Å².